The van der Waals surface area contributed by atoms with Crippen molar-refractivity contribution in [2.45, 2.75) is 11.5 Å². The average Bonchev–Trinajstić information content (AvgIpc) is 1.95. The first-order valence-electron chi connectivity index (χ1n) is 3.88. The Morgan fingerprint density at radius 2 is 1.62 bits per heavy atom. The molecule has 0 saturated heterocycles. The summed E-state index contributed by atoms with van der Waals surface area (Å²) in [6, 6.07) is 0. The van der Waals surface area contributed by atoms with Gasteiger partial charge in [-0.2, -0.15) is 0 Å². The van der Waals surface area contributed by atoms with Crippen molar-refractivity contribution < 1.29 is 63.4 Å². The topological polar surface area (TPSA) is 141 Å². The van der Waals surface area contributed by atoms with Crippen molar-refractivity contribution in [2.24, 2.45) is 0 Å². The molecule has 0 aliphatic carbocycles. The Labute approximate surface area is 115 Å². The van der Waals surface area contributed by atoms with E-state index in [1.165, 1.54) is 19.0 Å². The Kier molecular flexibility index (Phi) is 7.83. The Morgan fingerprint density at radius 3 is 1.81 bits per heavy atom. The van der Waals surface area contributed by atoms with E-state index in [4.69, 9.17) is 14.7 Å². The standard InChI is InChI=1S/C5H15NO7P2.Na/c1-6(2)4-3-5(7,14(8,9)10)15(11,12)13;/h7H,3-4H2,1-2H3,(H2,8,9,10)(H2,11,12,13);/q;+1/p-1. The molecule has 92 valence electrons. The average molecular weight is 285 g/mol. The number of rotatable bonds is 5. The summed E-state index contributed by atoms with van der Waals surface area (Å²) in [5.74, 6) is 0. The van der Waals surface area contributed by atoms with Crippen LogP contribution in [0, 0.1) is 0 Å². The predicted octanol–water partition coefficient (Wildman–Crippen LogP) is -4.69. The zero-order chi connectivity index (χ0) is 12.5. The molecule has 4 N–H and O–H groups in total. The summed E-state index contributed by atoms with van der Waals surface area (Å²) in [4.78, 5) is 38.2. The Balaban J connectivity index is 0. The van der Waals surface area contributed by atoms with E-state index in [0.717, 1.165) is 0 Å². The summed E-state index contributed by atoms with van der Waals surface area (Å²) in [6.07, 6.45) is -0.776. The van der Waals surface area contributed by atoms with Gasteiger partial charge in [0, 0.05) is 13.0 Å². The van der Waals surface area contributed by atoms with Crippen LogP contribution in [0.1, 0.15) is 6.42 Å². The van der Waals surface area contributed by atoms with Gasteiger partial charge in [0.1, 0.15) is 0 Å². The summed E-state index contributed by atoms with van der Waals surface area (Å²) >= 11 is 0. The summed E-state index contributed by atoms with van der Waals surface area (Å²) in [5.41, 5.74) is 0. The molecule has 0 fully saturated rings. The minimum absolute atomic E-state index is 0. The number of hydrogen-bond acceptors (Lipinski definition) is 5. The normalized spacial score (nSPS) is 19.8. The quantitative estimate of drug-likeness (QED) is 0.292. The third kappa shape index (κ3) is 4.84. The smallest absolute Gasteiger partial charge is 0.776 e. The minimum Gasteiger partial charge on any atom is -0.776 e. The third-order valence-electron chi connectivity index (χ3n) is 1.81. The van der Waals surface area contributed by atoms with Gasteiger partial charge in [0.25, 0.3) is 0 Å². The van der Waals surface area contributed by atoms with E-state index >= 15 is 0 Å². The molecule has 0 heterocycles. The maximum Gasteiger partial charge on any atom is 1.00 e. The second kappa shape index (κ2) is 6.41. The third-order valence-corrected chi connectivity index (χ3v) is 5.64. The van der Waals surface area contributed by atoms with E-state index in [1.807, 2.05) is 0 Å². The minimum atomic E-state index is -5.55. The first kappa shape index (κ1) is 19.6. The molecule has 0 bridgehead atoms. The molecule has 0 spiro atoms. The van der Waals surface area contributed by atoms with Gasteiger partial charge in [0.2, 0.25) is 5.08 Å². The molecule has 0 amide bonds. The van der Waals surface area contributed by atoms with Gasteiger partial charge in [-0.25, -0.2) is 0 Å². The molecular weight excluding hydrogens is 271 g/mol. The second-order valence-electron chi connectivity index (χ2n) is 3.39. The second-order valence-corrected chi connectivity index (χ2v) is 7.35. The molecule has 0 aromatic carbocycles. The van der Waals surface area contributed by atoms with Crippen LogP contribution in [-0.4, -0.2) is 50.4 Å². The van der Waals surface area contributed by atoms with Gasteiger partial charge in [-0.3, -0.25) is 4.57 Å². The van der Waals surface area contributed by atoms with E-state index < -0.39 is 26.7 Å². The summed E-state index contributed by atoms with van der Waals surface area (Å²) in [7, 11) is -7.87. The van der Waals surface area contributed by atoms with Gasteiger partial charge < -0.3 is 34.1 Å². The van der Waals surface area contributed by atoms with Crippen LogP contribution < -0.4 is 34.5 Å². The first-order chi connectivity index (χ1) is 6.42. The van der Waals surface area contributed by atoms with Gasteiger partial charge in [0.05, 0.1) is 0 Å². The van der Waals surface area contributed by atoms with Gasteiger partial charge in [-0.1, -0.05) is 0 Å². The van der Waals surface area contributed by atoms with Crippen molar-refractivity contribution in [3.05, 3.63) is 0 Å². The summed E-state index contributed by atoms with van der Waals surface area (Å²) in [5, 5.41) is 5.91. The van der Waals surface area contributed by atoms with Crippen molar-refractivity contribution in [3.63, 3.8) is 0 Å². The van der Waals surface area contributed by atoms with Gasteiger partial charge >= 0.3 is 37.2 Å². The molecule has 2 atom stereocenters. The van der Waals surface area contributed by atoms with E-state index in [0.29, 0.717) is 0 Å². The van der Waals surface area contributed by atoms with Crippen LogP contribution in [0.3, 0.4) is 0 Å². The van der Waals surface area contributed by atoms with Crippen LogP contribution in [0.5, 0.6) is 0 Å². The molecule has 2 unspecified atom stereocenters. The molecule has 0 aliphatic rings. The van der Waals surface area contributed by atoms with Crippen LogP contribution >= 0.6 is 15.2 Å². The van der Waals surface area contributed by atoms with Crippen LogP contribution in [0.2, 0.25) is 0 Å². The summed E-state index contributed by atoms with van der Waals surface area (Å²) < 4.78 is 21.5. The molecule has 0 aromatic heterocycles. The Hall–Kier alpha value is 1.22. The molecule has 0 rings (SSSR count). The molecule has 0 saturated carbocycles. The molecule has 11 heteroatoms. The van der Waals surface area contributed by atoms with Crippen LogP contribution in [0.25, 0.3) is 0 Å². The largest absolute Gasteiger partial charge is 1.00 e. The SMILES string of the molecule is CN(C)CCC(O)(P(=O)([O-])O)P(=O)(O)O.[Na+]. The number of aliphatic hydroxyl groups is 1. The zero-order valence-electron chi connectivity index (χ0n) is 9.27. The fourth-order valence-corrected chi connectivity index (χ4v) is 2.92. The molecule has 16 heavy (non-hydrogen) atoms. The van der Waals surface area contributed by atoms with Crippen molar-refractivity contribution in [1.29, 1.82) is 0 Å². The van der Waals surface area contributed by atoms with E-state index in [2.05, 4.69) is 0 Å². The van der Waals surface area contributed by atoms with Crippen molar-refractivity contribution in [2.75, 3.05) is 20.6 Å². The van der Waals surface area contributed by atoms with Crippen LogP contribution in [0.15, 0.2) is 0 Å². The number of nitrogens with zero attached hydrogens (tertiary/aromatic N) is 1. The maximum atomic E-state index is 10.8. The molecule has 0 radical (unpaired) electrons. The van der Waals surface area contributed by atoms with E-state index in [1.54, 1.807) is 0 Å². The van der Waals surface area contributed by atoms with E-state index in [9.17, 15) is 19.1 Å². The van der Waals surface area contributed by atoms with Gasteiger partial charge in [0.15, 0.2) is 7.60 Å². The fourth-order valence-electron chi connectivity index (χ4n) is 0.825. The van der Waals surface area contributed by atoms with Crippen LogP contribution in [-0.2, 0) is 9.13 Å². The fraction of sp³-hybridized carbons (Fsp3) is 1.00. The zero-order valence-corrected chi connectivity index (χ0v) is 13.1. The Morgan fingerprint density at radius 1 is 1.25 bits per heavy atom. The van der Waals surface area contributed by atoms with Gasteiger partial charge in [-0.15, -0.1) is 0 Å². The van der Waals surface area contributed by atoms with Crippen molar-refractivity contribution in [1.82, 2.24) is 4.90 Å². The number of hydrogen-bond donors (Lipinski definition) is 4. The van der Waals surface area contributed by atoms with Crippen LogP contribution in [0.4, 0.5) is 0 Å². The maximum absolute atomic E-state index is 10.8. The molecule has 0 aliphatic heterocycles. The van der Waals surface area contributed by atoms with Crippen molar-refractivity contribution >= 4 is 15.2 Å². The monoisotopic (exact) mass is 285 g/mol. The van der Waals surface area contributed by atoms with Crippen molar-refractivity contribution in [3.8, 4) is 0 Å². The molecular formula is C5H14NNaO7P2. The predicted molar refractivity (Wildman–Crippen MR) is 50.0 cm³/mol. The van der Waals surface area contributed by atoms with E-state index in [-0.39, 0.29) is 36.1 Å². The first-order valence-corrected chi connectivity index (χ1v) is 7.07. The molecule has 0 aromatic rings. The van der Waals surface area contributed by atoms with Gasteiger partial charge in [-0.05, 0) is 14.1 Å². The molecule has 8 nitrogen and oxygen atoms in total. The summed E-state index contributed by atoms with van der Waals surface area (Å²) in [6.45, 7) is -0.103. The Bertz CT molecular complexity index is 288.